The van der Waals surface area contributed by atoms with E-state index in [0.717, 1.165) is 0 Å². The fraction of sp³-hybridized carbons (Fsp3) is 1.00. The molecule has 0 aromatic carbocycles. The molecule has 1 N–H and O–H groups in total. The fourth-order valence-electron chi connectivity index (χ4n) is 0.217. The minimum Gasteiger partial charge on any atom is -0.396 e. The molecule has 1 unspecified atom stereocenters. The van der Waals surface area contributed by atoms with Crippen LogP contribution in [0.3, 0.4) is 0 Å². The Morgan fingerprint density at radius 3 is 2.00 bits per heavy atom. The second-order valence-corrected chi connectivity index (χ2v) is 3.62. The first kappa shape index (κ1) is 8.25. The largest absolute Gasteiger partial charge is 0.396 e. The van der Waals surface area contributed by atoms with E-state index in [2.05, 4.69) is 0 Å². The average molecular weight is 137 g/mol. The molecule has 0 amide bonds. The summed E-state index contributed by atoms with van der Waals surface area (Å²) in [5.74, 6) is 0.171. The highest BCUT2D eigenvalue weighted by molar-refractivity contribution is 6.23. The van der Waals surface area contributed by atoms with E-state index >= 15 is 0 Å². The molecule has 2 heteroatoms. The zero-order valence-corrected chi connectivity index (χ0v) is 6.37. The molecule has 0 aromatic heterocycles. The Labute approximate surface area is 55.7 Å². The molecule has 0 saturated carbocycles. The normalized spacial score (nSPS) is 16.1. The molecule has 50 valence electrons. The highest BCUT2D eigenvalue weighted by atomic mass is 35.5. The van der Waals surface area contributed by atoms with Crippen molar-refractivity contribution in [2.75, 3.05) is 6.61 Å². The van der Waals surface area contributed by atoms with E-state index in [1.165, 1.54) is 0 Å². The van der Waals surface area contributed by atoms with Crippen molar-refractivity contribution >= 4 is 11.6 Å². The predicted molar refractivity (Wildman–Crippen MR) is 36.2 cm³/mol. The van der Waals surface area contributed by atoms with E-state index in [1.807, 2.05) is 20.8 Å². The Kier molecular flexibility index (Phi) is 2.78. The lowest BCUT2D eigenvalue weighted by molar-refractivity contribution is 0.213. The van der Waals surface area contributed by atoms with Crippen LogP contribution in [0.15, 0.2) is 0 Å². The van der Waals surface area contributed by atoms with Gasteiger partial charge in [-0.05, 0) is 19.8 Å². The first-order valence-corrected chi connectivity index (χ1v) is 3.16. The molecular weight excluding hydrogens is 124 g/mol. The summed E-state index contributed by atoms with van der Waals surface area (Å²) in [4.78, 5) is -0.269. The molecule has 0 saturated heterocycles. The maximum Gasteiger partial charge on any atom is 0.0473 e. The quantitative estimate of drug-likeness (QED) is 0.573. The third kappa shape index (κ3) is 2.53. The Bertz CT molecular complexity index is 65.4. The first-order chi connectivity index (χ1) is 3.48. The second-order valence-electron chi connectivity index (χ2n) is 2.65. The molecule has 0 bridgehead atoms. The maximum absolute atomic E-state index is 8.59. The van der Waals surface area contributed by atoms with E-state index in [9.17, 15) is 0 Å². The van der Waals surface area contributed by atoms with Gasteiger partial charge in [0.25, 0.3) is 0 Å². The Morgan fingerprint density at radius 2 is 2.00 bits per heavy atom. The van der Waals surface area contributed by atoms with Crippen LogP contribution in [0.2, 0.25) is 0 Å². The summed E-state index contributed by atoms with van der Waals surface area (Å²) >= 11 is 5.82. The van der Waals surface area contributed by atoms with Crippen molar-refractivity contribution in [3.05, 3.63) is 0 Å². The van der Waals surface area contributed by atoms with Crippen molar-refractivity contribution in [1.82, 2.24) is 0 Å². The number of hydrogen-bond donors (Lipinski definition) is 1. The zero-order chi connectivity index (χ0) is 6.78. The van der Waals surface area contributed by atoms with E-state index in [4.69, 9.17) is 16.7 Å². The summed E-state index contributed by atoms with van der Waals surface area (Å²) in [5.41, 5.74) is 0. The number of halogens is 1. The minimum atomic E-state index is -0.269. The van der Waals surface area contributed by atoms with Crippen LogP contribution in [0.4, 0.5) is 0 Å². The molecular formula is C6H13ClO. The smallest absolute Gasteiger partial charge is 0.0473 e. The lowest BCUT2D eigenvalue weighted by atomic mass is 9.98. The zero-order valence-electron chi connectivity index (χ0n) is 5.61. The third-order valence-electron chi connectivity index (χ3n) is 1.45. The van der Waals surface area contributed by atoms with Gasteiger partial charge in [-0.2, -0.15) is 0 Å². The van der Waals surface area contributed by atoms with Crippen LogP contribution < -0.4 is 0 Å². The lowest BCUT2D eigenvalue weighted by Crippen LogP contribution is -2.24. The molecule has 0 aliphatic rings. The molecule has 8 heavy (non-hydrogen) atoms. The van der Waals surface area contributed by atoms with Gasteiger partial charge < -0.3 is 5.11 Å². The highest BCUT2D eigenvalue weighted by Gasteiger charge is 2.20. The molecule has 1 atom stereocenters. The summed E-state index contributed by atoms with van der Waals surface area (Å²) in [7, 11) is 0. The number of hydrogen-bond acceptors (Lipinski definition) is 1. The minimum absolute atomic E-state index is 0.163. The number of rotatable bonds is 2. The van der Waals surface area contributed by atoms with Gasteiger partial charge in [0.1, 0.15) is 0 Å². The summed E-state index contributed by atoms with van der Waals surface area (Å²) in [5, 5.41) is 8.59. The molecule has 0 aliphatic carbocycles. The Morgan fingerprint density at radius 1 is 1.62 bits per heavy atom. The van der Waals surface area contributed by atoms with Gasteiger partial charge in [-0.1, -0.05) is 6.92 Å². The Hall–Kier alpha value is 0.250. The van der Waals surface area contributed by atoms with E-state index in [1.54, 1.807) is 0 Å². The summed E-state index contributed by atoms with van der Waals surface area (Å²) < 4.78 is 0. The van der Waals surface area contributed by atoms with E-state index < -0.39 is 0 Å². The van der Waals surface area contributed by atoms with Crippen molar-refractivity contribution < 1.29 is 5.11 Å². The van der Waals surface area contributed by atoms with Crippen LogP contribution in [0.1, 0.15) is 20.8 Å². The molecule has 0 spiro atoms. The molecule has 0 aliphatic heterocycles. The maximum atomic E-state index is 8.59. The van der Waals surface area contributed by atoms with Gasteiger partial charge in [0.15, 0.2) is 0 Å². The van der Waals surface area contributed by atoms with Gasteiger partial charge in [0, 0.05) is 11.5 Å². The molecule has 0 aromatic rings. The predicted octanol–water partition coefficient (Wildman–Crippen LogP) is 1.63. The topological polar surface area (TPSA) is 20.2 Å². The van der Waals surface area contributed by atoms with Gasteiger partial charge in [-0.3, -0.25) is 0 Å². The van der Waals surface area contributed by atoms with Crippen molar-refractivity contribution in [2.45, 2.75) is 25.6 Å². The molecule has 0 heterocycles. The van der Waals surface area contributed by atoms with Crippen LogP contribution in [-0.2, 0) is 0 Å². The summed E-state index contributed by atoms with van der Waals surface area (Å²) in [6.45, 7) is 5.88. The van der Waals surface area contributed by atoms with Gasteiger partial charge in [-0.15, -0.1) is 11.6 Å². The molecule has 1 nitrogen and oxygen atoms in total. The number of aliphatic hydroxyl groups excluding tert-OH is 1. The highest BCUT2D eigenvalue weighted by Crippen LogP contribution is 2.22. The van der Waals surface area contributed by atoms with Crippen molar-refractivity contribution in [3.8, 4) is 0 Å². The second kappa shape index (κ2) is 2.70. The first-order valence-electron chi connectivity index (χ1n) is 2.78. The fourth-order valence-corrected chi connectivity index (χ4v) is 0.286. The van der Waals surface area contributed by atoms with Crippen LogP contribution in [0.5, 0.6) is 0 Å². The Balaban J connectivity index is 3.62. The van der Waals surface area contributed by atoms with Crippen molar-refractivity contribution in [1.29, 1.82) is 0 Å². The van der Waals surface area contributed by atoms with Gasteiger partial charge in [-0.25, -0.2) is 0 Å². The number of aliphatic hydroxyl groups is 1. The SMILES string of the molecule is CC(CO)C(C)(C)Cl. The van der Waals surface area contributed by atoms with Crippen LogP contribution >= 0.6 is 11.6 Å². The monoisotopic (exact) mass is 136 g/mol. The van der Waals surface area contributed by atoms with Crippen molar-refractivity contribution in [3.63, 3.8) is 0 Å². The van der Waals surface area contributed by atoms with Crippen LogP contribution in [0, 0.1) is 5.92 Å². The van der Waals surface area contributed by atoms with Crippen LogP contribution in [-0.4, -0.2) is 16.6 Å². The number of alkyl halides is 1. The van der Waals surface area contributed by atoms with Crippen LogP contribution in [0.25, 0.3) is 0 Å². The summed E-state index contributed by atoms with van der Waals surface area (Å²) in [6, 6.07) is 0. The summed E-state index contributed by atoms with van der Waals surface area (Å²) in [6.07, 6.45) is 0. The van der Waals surface area contributed by atoms with Gasteiger partial charge in [0.05, 0.1) is 0 Å². The third-order valence-corrected chi connectivity index (χ3v) is 1.82. The lowest BCUT2D eigenvalue weighted by Gasteiger charge is -2.21. The van der Waals surface area contributed by atoms with E-state index in [0.29, 0.717) is 0 Å². The standard InChI is InChI=1S/C6H13ClO/c1-5(4-8)6(2,3)7/h5,8H,4H2,1-3H3. The molecule has 0 rings (SSSR count). The van der Waals surface area contributed by atoms with E-state index in [-0.39, 0.29) is 17.4 Å². The molecule has 0 radical (unpaired) electrons. The van der Waals surface area contributed by atoms with Gasteiger partial charge in [0.2, 0.25) is 0 Å². The van der Waals surface area contributed by atoms with Gasteiger partial charge >= 0.3 is 0 Å². The van der Waals surface area contributed by atoms with Crippen molar-refractivity contribution in [2.24, 2.45) is 5.92 Å². The average Bonchev–Trinajstić information content (AvgIpc) is 1.62. The molecule has 0 fully saturated rings.